The minimum absolute atomic E-state index is 0.0339. The standard InChI is InChI=1S/C10H17F3N2O3/c1-4-14(5-8(16)17)9(18)15(7(2)3)6-10(11,12)13/h7H,4-6H2,1-3H3,(H,16,17). The van der Waals surface area contributed by atoms with Crippen LogP contribution in [-0.4, -0.2) is 58.8 Å². The van der Waals surface area contributed by atoms with Gasteiger partial charge < -0.3 is 14.9 Å². The molecule has 0 spiro atoms. The maximum absolute atomic E-state index is 12.3. The van der Waals surface area contributed by atoms with E-state index in [0.29, 0.717) is 4.90 Å². The summed E-state index contributed by atoms with van der Waals surface area (Å²) in [6.45, 7) is 2.42. The summed E-state index contributed by atoms with van der Waals surface area (Å²) in [7, 11) is 0. The smallest absolute Gasteiger partial charge is 0.406 e. The second-order valence-corrected chi connectivity index (χ2v) is 4.03. The van der Waals surface area contributed by atoms with Crippen molar-refractivity contribution >= 4 is 12.0 Å². The average Bonchev–Trinajstić information content (AvgIpc) is 2.19. The highest BCUT2D eigenvalue weighted by molar-refractivity contribution is 5.80. The number of carboxylic acid groups (broad SMARTS) is 1. The van der Waals surface area contributed by atoms with Gasteiger partial charge in [-0.25, -0.2) is 4.79 Å². The normalized spacial score (nSPS) is 11.5. The number of urea groups is 1. The summed E-state index contributed by atoms with van der Waals surface area (Å²) >= 11 is 0. The number of hydrogen-bond acceptors (Lipinski definition) is 2. The van der Waals surface area contributed by atoms with Crippen molar-refractivity contribution < 1.29 is 27.9 Å². The van der Waals surface area contributed by atoms with E-state index in [-0.39, 0.29) is 6.54 Å². The second kappa shape index (κ2) is 6.46. The molecular formula is C10H17F3N2O3. The summed E-state index contributed by atoms with van der Waals surface area (Å²) in [6.07, 6.45) is -4.51. The molecule has 0 bridgehead atoms. The fourth-order valence-electron chi connectivity index (χ4n) is 1.32. The van der Waals surface area contributed by atoms with Crippen molar-refractivity contribution in [2.45, 2.75) is 33.0 Å². The lowest BCUT2D eigenvalue weighted by atomic mass is 10.3. The van der Waals surface area contributed by atoms with Gasteiger partial charge in [0.2, 0.25) is 0 Å². The molecule has 0 aliphatic rings. The lowest BCUT2D eigenvalue weighted by Crippen LogP contribution is -2.51. The molecule has 0 unspecified atom stereocenters. The molecule has 0 saturated heterocycles. The number of carbonyl (C=O) groups excluding carboxylic acids is 1. The first-order valence-electron chi connectivity index (χ1n) is 5.42. The molecule has 106 valence electrons. The molecule has 0 heterocycles. The van der Waals surface area contributed by atoms with Crippen molar-refractivity contribution in [1.82, 2.24) is 9.80 Å². The summed E-state index contributed by atoms with van der Waals surface area (Å²) < 4.78 is 37.0. The Hall–Kier alpha value is -1.47. The van der Waals surface area contributed by atoms with Crippen molar-refractivity contribution in [3.05, 3.63) is 0 Å². The van der Waals surface area contributed by atoms with Gasteiger partial charge in [-0.3, -0.25) is 4.79 Å². The number of aliphatic carboxylic acids is 1. The van der Waals surface area contributed by atoms with Crippen molar-refractivity contribution in [1.29, 1.82) is 0 Å². The van der Waals surface area contributed by atoms with E-state index in [4.69, 9.17) is 5.11 Å². The molecule has 18 heavy (non-hydrogen) atoms. The van der Waals surface area contributed by atoms with Gasteiger partial charge in [0.05, 0.1) is 0 Å². The third-order valence-corrected chi connectivity index (χ3v) is 2.20. The van der Waals surface area contributed by atoms with E-state index in [0.717, 1.165) is 4.90 Å². The van der Waals surface area contributed by atoms with Crippen LogP contribution in [-0.2, 0) is 4.79 Å². The van der Waals surface area contributed by atoms with Gasteiger partial charge in [-0.05, 0) is 20.8 Å². The molecule has 1 N–H and O–H groups in total. The zero-order valence-electron chi connectivity index (χ0n) is 10.5. The Morgan fingerprint density at radius 3 is 2.06 bits per heavy atom. The van der Waals surface area contributed by atoms with Crippen LogP contribution in [0.3, 0.4) is 0 Å². The van der Waals surface area contributed by atoms with Crippen LogP contribution >= 0.6 is 0 Å². The lowest BCUT2D eigenvalue weighted by molar-refractivity contribution is -0.144. The number of hydrogen-bond donors (Lipinski definition) is 1. The predicted molar refractivity (Wildman–Crippen MR) is 58.2 cm³/mol. The van der Waals surface area contributed by atoms with Gasteiger partial charge in [0.25, 0.3) is 0 Å². The molecule has 0 rings (SSSR count). The summed E-state index contributed by atoms with van der Waals surface area (Å²) in [5.41, 5.74) is 0. The molecule has 0 fully saturated rings. The first-order valence-corrected chi connectivity index (χ1v) is 5.42. The van der Waals surface area contributed by atoms with Crippen LogP contribution in [0.4, 0.5) is 18.0 Å². The number of amides is 2. The van der Waals surface area contributed by atoms with E-state index in [1.807, 2.05) is 0 Å². The molecule has 0 saturated carbocycles. The number of likely N-dealkylation sites (N-methyl/N-ethyl adjacent to an activating group) is 1. The Morgan fingerprint density at radius 1 is 1.28 bits per heavy atom. The Kier molecular flexibility index (Phi) is 5.93. The third-order valence-electron chi connectivity index (χ3n) is 2.20. The fraction of sp³-hybridized carbons (Fsp3) is 0.800. The third kappa shape index (κ3) is 5.74. The number of carboxylic acids is 1. The molecule has 8 heteroatoms. The van der Waals surface area contributed by atoms with Crippen LogP contribution in [0.15, 0.2) is 0 Å². The molecule has 2 amide bonds. The monoisotopic (exact) mass is 270 g/mol. The fourth-order valence-corrected chi connectivity index (χ4v) is 1.32. The van der Waals surface area contributed by atoms with Gasteiger partial charge in [-0.2, -0.15) is 13.2 Å². The van der Waals surface area contributed by atoms with Gasteiger partial charge >= 0.3 is 18.2 Å². The lowest BCUT2D eigenvalue weighted by Gasteiger charge is -2.32. The highest BCUT2D eigenvalue weighted by atomic mass is 19.4. The van der Waals surface area contributed by atoms with Gasteiger partial charge in [0.15, 0.2) is 0 Å². The topological polar surface area (TPSA) is 60.9 Å². The molecule has 0 aliphatic heterocycles. The second-order valence-electron chi connectivity index (χ2n) is 4.03. The first-order chi connectivity index (χ1) is 8.08. The zero-order valence-corrected chi connectivity index (χ0v) is 10.5. The van der Waals surface area contributed by atoms with E-state index in [2.05, 4.69) is 0 Å². The largest absolute Gasteiger partial charge is 0.480 e. The Labute approximate surface area is 103 Å². The average molecular weight is 270 g/mol. The maximum Gasteiger partial charge on any atom is 0.406 e. The number of carbonyl (C=O) groups is 2. The van der Waals surface area contributed by atoms with E-state index in [1.165, 1.54) is 20.8 Å². The summed E-state index contributed by atoms with van der Waals surface area (Å²) in [5, 5.41) is 8.58. The molecule has 5 nitrogen and oxygen atoms in total. The van der Waals surface area contributed by atoms with Gasteiger partial charge in [-0.1, -0.05) is 0 Å². The van der Waals surface area contributed by atoms with Crippen LogP contribution < -0.4 is 0 Å². The first kappa shape index (κ1) is 16.5. The number of alkyl halides is 3. The highest BCUT2D eigenvalue weighted by Crippen LogP contribution is 2.19. The molecule has 0 radical (unpaired) electrons. The van der Waals surface area contributed by atoms with E-state index in [9.17, 15) is 22.8 Å². The van der Waals surface area contributed by atoms with Crippen LogP contribution in [0.2, 0.25) is 0 Å². The minimum Gasteiger partial charge on any atom is -0.480 e. The van der Waals surface area contributed by atoms with Crippen LogP contribution in [0.1, 0.15) is 20.8 Å². The van der Waals surface area contributed by atoms with Crippen molar-refractivity contribution in [2.24, 2.45) is 0 Å². The molecule has 0 atom stereocenters. The Morgan fingerprint density at radius 2 is 1.78 bits per heavy atom. The number of halogens is 3. The number of nitrogens with zero attached hydrogens (tertiary/aromatic N) is 2. The van der Waals surface area contributed by atoms with E-state index >= 15 is 0 Å². The number of rotatable bonds is 5. The minimum atomic E-state index is -4.51. The molecular weight excluding hydrogens is 253 g/mol. The Bertz CT molecular complexity index is 305. The van der Waals surface area contributed by atoms with Crippen LogP contribution in [0.5, 0.6) is 0 Å². The zero-order chi connectivity index (χ0) is 14.5. The van der Waals surface area contributed by atoms with Gasteiger partial charge in [0.1, 0.15) is 13.1 Å². The van der Waals surface area contributed by atoms with Crippen molar-refractivity contribution in [2.75, 3.05) is 19.6 Å². The van der Waals surface area contributed by atoms with Gasteiger partial charge in [-0.15, -0.1) is 0 Å². The van der Waals surface area contributed by atoms with Gasteiger partial charge in [0, 0.05) is 12.6 Å². The van der Waals surface area contributed by atoms with E-state index < -0.39 is 37.3 Å². The van der Waals surface area contributed by atoms with E-state index in [1.54, 1.807) is 0 Å². The molecule has 0 aliphatic carbocycles. The summed E-state index contributed by atoms with van der Waals surface area (Å²) in [4.78, 5) is 23.8. The SMILES string of the molecule is CCN(CC(=O)O)C(=O)N(CC(F)(F)F)C(C)C. The maximum atomic E-state index is 12.3. The summed E-state index contributed by atoms with van der Waals surface area (Å²) in [5.74, 6) is -1.26. The van der Waals surface area contributed by atoms with Crippen LogP contribution in [0, 0.1) is 0 Å². The summed E-state index contributed by atoms with van der Waals surface area (Å²) in [6, 6.07) is -1.59. The molecule has 0 aromatic heterocycles. The Balaban J connectivity index is 4.88. The predicted octanol–water partition coefficient (Wildman–Crippen LogP) is 1.79. The molecule has 0 aromatic carbocycles. The van der Waals surface area contributed by atoms with Crippen molar-refractivity contribution in [3.63, 3.8) is 0 Å². The van der Waals surface area contributed by atoms with Crippen LogP contribution in [0.25, 0.3) is 0 Å². The highest BCUT2D eigenvalue weighted by Gasteiger charge is 2.35. The van der Waals surface area contributed by atoms with Crippen molar-refractivity contribution in [3.8, 4) is 0 Å². The quantitative estimate of drug-likeness (QED) is 0.828. The molecule has 0 aromatic rings.